The molecule has 1 aliphatic carbocycles. The van der Waals surface area contributed by atoms with Crippen molar-refractivity contribution in [3.8, 4) is 0 Å². The van der Waals surface area contributed by atoms with Crippen molar-refractivity contribution in [2.45, 2.75) is 58.1 Å². The lowest BCUT2D eigenvalue weighted by Gasteiger charge is -2.33. The van der Waals surface area contributed by atoms with Gasteiger partial charge in [-0.1, -0.05) is 18.5 Å². The molecule has 0 spiro atoms. The summed E-state index contributed by atoms with van der Waals surface area (Å²) in [6.07, 6.45) is 5.39. The molecule has 0 aliphatic heterocycles. The summed E-state index contributed by atoms with van der Waals surface area (Å²) in [7, 11) is 0. The minimum atomic E-state index is -0.427. The highest BCUT2D eigenvalue weighted by Crippen LogP contribution is 2.37. The van der Waals surface area contributed by atoms with E-state index in [4.69, 9.17) is 15.0 Å². The average molecular weight is 253 g/mol. The lowest BCUT2D eigenvalue weighted by Crippen LogP contribution is -2.40. The Labute approximate surface area is 108 Å². The van der Waals surface area contributed by atoms with Crippen LogP contribution in [0, 0.1) is 5.92 Å². The minimum absolute atomic E-state index is 0.396. The molecule has 0 atom stereocenters. The maximum atomic E-state index is 6.40. The Hall–Kier alpha value is -0.940. The number of rotatable bonds is 5. The van der Waals surface area contributed by atoms with Gasteiger partial charge in [-0.25, -0.2) is 0 Å². The van der Waals surface area contributed by atoms with E-state index < -0.39 is 5.54 Å². The smallest absolute Gasteiger partial charge is 0.246 e. The molecule has 2 N–H and O–H groups in total. The largest absolute Gasteiger partial charge is 0.374 e. The van der Waals surface area contributed by atoms with Crippen molar-refractivity contribution < 1.29 is 9.26 Å². The maximum Gasteiger partial charge on any atom is 0.246 e. The van der Waals surface area contributed by atoms with Crippen molar-refractivity contribution >= 4 is 0 Å². The van der Waals surface area contributed by atoms with Crippen LogP contribution in [-0.2, 0) is 16.9 Å². The molecule has 0 saturated heterocycles. The second-order valence-electron chi connectivity index (χ2n) is 5.16. The number of ether oxygens (including phenoxy) is 1. The van der Waals surface area contributed by atoms with E-state index in [1.54, 1.807) is 0 Å². The summed E-state index contributed by atoms with van der Waals surface area (Å²) in [6.45, 7) is 5.22. The van der Waals surface area contributed by atoms with E-state index in [1.165, 1.54) is 6.42 Å². The third kappa shape index (κ3) is 2.90. The van der Waals surface area contributed by atoms with Gasteiger partial charge in [-0.3, -0.25) is 0 Å². The van der Waals surface area contributed by atoms with E-state index in [-0.39, 0.29) is 0 Å². The molecular weight excluding hydrogens is 230 g/mol. The Morgan fingerprint density at radius 1 is 1.39 bits per heavy atom. The van der Waals surface area contributed by atoms with Crippen LogP contribution in [0.5, 0.6) is 0 Å². The van der Waals surface area contributed by atoms with E-state index in [0.29, 0.717) is 24.9 Å². The van der Waals surface area contributed by atoms with Gasteiger partial charge in [-0.05, 0) is 38.5 Å². The lowest BCUT2D eigenvalue weighted by atomic mass is 9.76. The fourth-order valence-electron chi connectivity index (χ4n) is 2.52. The lowest BCUT2D eigenvalue weighted by molar-refractivity contribution is 0.126. The van der Waals surface area contributed by atoms with Crippen molar-refractivity contribution in [3.63, 3.8) is 0 Å². The number of nitrogens with two attached hydrogens (primary N) is 1. The highest BCUT2D eigenvalue weighted by molar-refractivity contribution is 5.04. The SMILES string of the molecule is CCOCc1noc(C2(N)CCC(CC)CC2)n1. The molecule has 2 rings (SSSR count). The van der Waals surface area contributed by atoms with Crippen LogP contribution in [0.15, 0.2) is 4.52 Å². The summed E-state index contributed by atoms with van der Waals surface area (Å²) >= 11 is 0. The minimum Gasteiger partial charge on any atom is -0.374 e. The predicted octanol–water partition coefficient (Wildman–Crippen LogP) is 2.36. The summed E-state index contributed by atoms with van der Waals surface area (Å²) in [4.78, 5) is 4.37. The highest BCUT2D eigenvalue weighted by Gasteiger charge is 2.37. The second kappa shape index (κ2) is 5.80. The molecule has 18 heavy (non-hydrogen) atoms. The van der Waals surface area contributed by atoms with E-state index in [9.17, 15) is 0 Å². The van der Waals surface area contributed by atoms with Crippen molar-refractivity contribution in [1.82, 2.24) is 10.1 Å². The molecule has 102 valence electrons. The van der Waals surface area contributed by atoms with Gasteiger partial charge in [0.15, 0.2) is 5.82 Å². The molecule has 0 bridgehead atoms. The standard InChI is InChI=1S/C13H23N3O2/c1-3-10-5-7-13(14,8-6-10)12-15-11(16-18-12)9-17-4-2/h10H,3-9,14H2,1-2H3. The molecule has 1 aliphatic rings. The Morgan fingerprint density at radius 2 is 2.11 bits per heavy atom. The molecule has 5 heteroatoms. The van der Waals surface area contributed by atoms with E-state index in [1.807, 2.05) is 6.92 Å². The third-order valence-electron chi connectivity index (χ3n) is 3.90. The number of hydrogen-bond donors (Lipinski definition) is 1. The van der Waals surface area contributed by atoms with Crippen LogP contribution in [-0.4, -0.2) is 16.7 Å². The molecule has 0 radical (unpaired) electrons. The van der Waals surface area contributed by atoms with Crippen LogP contribution in [0.4, 0.5) is 0 Å². The van der Waals surface area contributed by atoms with E-state index in [2.05, 4.69) is 17.1 Å². The van der Waals surface area contributed by atoms with Crippen molar-refractivity contribution in [1.29, 1.82) is 0 Å². The second-order valence-corrected chi connectivity index (χ2v) is 5.16. The average Bonchev–Trinajstić information content (AvgIpc) is 2.87. The van der Waals surface area contributed by atoms with Crippen LogP contribution in [0.25, 0.3) is 0 Å². The number of aromatic nitrogens is 2. The van der Waals surface area contributed by atoms with Gasteiger partial charge < -0.3 is 15.0 Å². The molecule has 1 heterocycles. The summed E-state index contributed by atoms with van der Waals surface area (Å²) < 4.78 is 10.6. The summed E-state index contributed by atoms with van der Waals surface area (Å²) in [5.41, 5.74) is 5.97. The number of hydrogen-bond acceptors (Lipinski definition) is 5. The fraction of sp³-hybridized carbons (Fsp3) is 0.846. The molecule has 1 fully saturated rings. The number of nitrogens with zero attached hydrogens (tertiary/aromatic N) is 2. The van der Waals surface area contributed by atoms with Crippen molar-refractivity contribution in [3.05, 3.63) is 11.7 Å². The van der Waals surface area contributed by atoms with Gasteiger partial charge in [0.25, 0.3) is 0 Å². The maximum absolute atomic E-state index is 6.40. The summed E-state index contributed by atoms with van der Waals surface area (Å²) in [5.74, 6) is 1.97. The molecule has 0 unspecified atom stereocenters. The Morgan fingerprint density at radius 3 is 2.72 bits per heavy atom. The fourth-order valence-corrected chi connectivity index (χ4v) is 2.52. The van der Waals surface area contributed by atoms with Gasteiger partial charge in [-0.2, -0.15) is 4.98 Å². The van der Waals surface area contributed by atoms with Crippen LogP contribution in [0.1, 0.15) is 57.7 Å². The molecule has 0 amide bonds. The van der Waals surface area contributed by atoms with E-state index >= 15 is 0 Å². The Bertz CT molecular complexity index is 370. The first kappa shape index (κ1) is 13.5. The van der Waals surface area contributed by atoms with Crippen LogP contribution >= 0.6 is 0 Å². The van der Waals surface area contributed by atoms with E-state index in [0.717, 1.165) is 31.6 Å². The first-order valence-electron chi connectivity index (χ1n) is 6.87. The zero-order valence-corrected chi connectivity index (χ0v) is 11.3. The van der Waals surface area contributed by atoms with Gasteiger partial charge in [0.2, 0.25) is 5.89 Å². The zero-order valence-electron chi connectivity index (χ0n) is 11.3. The topological polar surface area (TPSA) is 74.2 Å². The van der Waals surface area contributed by atoms with Gasteiger partial charge >= 0.3 is 0 Å². The molecule has 1 aromatic heterocycles. The van der Waals surface area contributed by atoms with Crippen LogP contribution in [0.2, 0.25) is 0 Å². The monoisotopic (exact) mass is 253 g/mol. The molecule has 1 aromatic rings. The summed E-state index contributed by atoms with van der Waals surface area (Å²) in [6, 6.07) is 0. The van der Waals surface area contributed by atoms with Gasteiger partial charge in [0, 0.05) is 6.61 Å². The molecule has 5 nitrogen and oxygen atoms in total. The van der Waals surface area contributed by atoms with Gasteiger partial charge in [0.05, 0.1) is 5.54 Å². The third-order valence-corrected chi connectivity index (χ3v) is 3.90. The van der Waals surface area contributed by atoms with Crippen molar-refractivity contribution in [2.75, 3.05) is 6.61 Å². The zero-order chi connectivity index (χ0) is 13.0. The molecular formula is C13H23N3O2. The van der Waals surface area contributed by atoms with Gasteiger partial charge in [-0.15, -0.1) is 0 Å². The molecule has 1 saturated carbocycles. The predicted molar refractivity (Wildman–Crippen MR) is 67.7 cm³/mol. The Balaban J connectivity index is 1.99. The van der Waals surface area contributed by atoms with Gasteiger partial charge in [0.1, 0.15) is 6.61 Å². The quantitative estimate of drug-likeness (QED) is 0.872. The summed E-state index contributed by atoms with van der Waals surface area (Å²) in [5, 5.41) is 3.92. The molecule has 0 aromatic carbocycles. The highest BCUT2D eigenvalue weighted by atomic mass is 16.5. The van der Waals surface area contributed by atoms with Crippen molar-refractivity contribution in [2.24, 2.45) is 11.7 Å². The normalized spacial score (nSPS) is 28.5. The first-order valence-corrected chi connectivity index (χ1v) is 6.87. The van der Waals surface area contributed by atoms with Crippen LogP contribution in [0.3, 0.4) is 0 Å². The Kier molecular flexibility index (Phi) is 4.35. The van der Waals surface area contributed by atoms with Crippen LogP contribution < -0.4 is 5.73 Å². The first-order chi connectivity index (χ1) is 8.68.